The van der Waals surface area contributed by atoms with E-state index in [0.717, 1.165) is 10.5 Å². The third-order valence-electron chi connectivity index (χ3n) is 6.33. The van der Waals surface area contributed by atoms with Crippen molar-refractivity contribution < 1.29 is 34.2 Å². The molecule has 1 aromatic heterocycles. The number of rotatable bonds is 13. The number of amides is 3. The molecule has 2 heterocycles. The fourth-order valence-corrected chi connectivity index (χ4v) is 4.35. The van der Waals surface area contributed by atoms with Gasteiger partial charge in [-0.05, 0) is 24.8 Å². The number of hydrogen-bond donors (Lipinski definition) is 6. The molecule has 0 bridgehead atoms. The Morgan fingerprint density at radius 1 is 1.05 bits per heavy atom. The van der Waals surface area contributed by atoms with Crippen LogP contribution in [0.3, 0.4) is 0 Å². The monoisotopic (exact) mass is 528 g/mol. The highest BCUT2D eigenvalue weighted by atomic mass is 16.4. The average molecular weight is 529 g/mol. The Kier molecular flexibility index (Phi) is 9.93. The molecule has 2 aromatic rings. The molecule has 1 fully saturated rings. The van der Waals surface area contributed by atoms with E-state index >= 15 is 0 Å². The van der Waals surface area contributed by atoms with Gasteiger partial charge in [-0.15, -0.1) is 0 Å². The number of imidazole rings is 1. The van der Waals surface area contributed by atoms with Crippen LogP contribution in [-0.4, -0.2) is 85.5 Å². The summed E-state index contributed by atoms with van der Waals surface area (Å²) in [7, 11) is 0. The summed E-state index contributed by atoms with van der Waals surface area (Å²) in [6, 6.07) is 4.42. The van der Waals surface area contributed by atoms with Crippen molar-refractivity contribution in [1.29, 1.82) is 0 Å². The number of carboxylic acids is 2. The molecule has 0 spiro atoms. The number of carboxylic acid groups (broad SMARTS) is 2. The number of nitrogens with two attached hydrogens (primary N) is 1. The van der Waals surface area contributed by atoms with Gasteiger partial charge in [-0.3, -0.25) is 19.2 Å². The van der Waals surface area contributed by atoms with Gasteiger partial charge in [-0.2, -0.15) is 0 Å². The summed E-state index contributed by atoms with van der Waals surface area (Å²) in [5.74, 6) is -4.34. The average Bonchev–Trinajstić information content (AvgIpc) is 3.58. The first-order valence-corrected chi connectivity index (χ1v) is 12.3. The van der Waals surface area contributed by atoms with Crippen LogP contribution in [0, 0.1) is 0 Å². The van der Waals surface area contributed by atoms with Crippen molar-refractivity contribution in [1.82, 2.24) is 25.5 Å². The molecule has 13 nitrogen and oxygen atoms in total. The maximum Gasteiger partial charge on any atom is 0.326 e. The van der Waals surface area contributed by atoms with Gasteiger partial charge in [-0.25, -0.2) is 9.78 Å². The summed E-state index contributed by atoms with van der Waals surface area (Å²) >= 11 is 0. The topological polar surface area (TPSA) is 208 Å². The first kappa shape index (κ1) is 28.3. The van der Waals surface area contributed by atoms with Gasteiger partial charge in [0.05, 0.1) is 12.4 Å². The highest BCUT2D eigenvalue weighted by Crippen LogP contribution is 2.20. The van der Waals surface area contributed by atoms with Gasteiger partial charge in [0.2, 0.25) is 17.7 Å². The lowest BCUT2D eigenvalue weighted by Gasteiger charge is -2.29. The molecule has 4 unspecified atom stereocenters. The Labute approximate surface area is 218 Å². The number of aliphatic carboxylic acids is 2. The standard InChI is InChI=1S/C25H32N6O7/c26-17(12-16-13-27-14-28-16)22(34)30-19(11-15-5-2-1-3-6-15)23(35)29-18(8-9-21(32)33)24(36)31-10-4-7-20(31)25(37)38/h1-3,5-6,13-14,17-20H,4,7-12,26H2,(H,27,28)(H,29,35)(H,30,34)(H,32,33)(H,37,38). The molecule has 4 atom stereocenters. The van der Waals surface area contributed by atoms with Gasteiger partial charge >= 0.3 is 11.9 Å². The zero-order valence-electron chi connectivity index (χ0n) is 20.7. The summed E-state index contributed by atoms with van der Waals surface area (Å²) in [6.45, 7) is 0.182. The molecule has 0 aliphatic carbocycles. The van der Waals surface area contributed by atoms with E-state index in [1.165, 1.54) is 12.5 Å². The first-order chi connectivity index (χ1) is 18.2. The summed E-state index contributed by atoms with van der Waals surface area (Å²) in [5, 5.41) is 23.8. The largest absolute Gasteiger partial charge is 0.481 e. The number of likely N-dealkylation sites (tertiary alicyclic amines) is 1. The maximum absolute atomic E-state index is 13.4. The molecule has 7 N–H and O–H groups in total. The summed E-state index contributed by atoms with van der Waals surface area (Å²) in [6.07, 6.45) is 3.29. The number of carbonyl (C=O) groups excluding carboxylic acids is 3. The van der Waals surface area contributed by atoms with Crippen LogP contribution in [-0.2, 0) is 36.8 Å². The number of benzene rings is 1. The zero-order valence-corrected chi connectivity index (χ0v) is 20.7. The van der Waals surface area contributed by atoms with Crippen molar-refractivity contribution in [2.24, 2.45) is 5.73 Å². The van der Waals surface area contributed by atoms with Crippen molar-refractivity contribution in [3.63, 3.8) is 0 Å². The number of nitrogens with zero attached hydrogens (tertiary/aromatic N) is 2. The molecular formula is C25H32N6O7. The van der Waals surface area contributed by atoms with Crippen LogP contribution >= 0.6 is 0 Å². The molecule has 1 saturated heterocycles. The second kappa shape index (κ2) is 13.3. The third-order valence-corrected chi connectivity index (χ3v) is 6.33. The van der Waals surface area contributed by atoms with E-state index in [2.05, 4.69) is 20.6 Å². The molecule has 0 radical (unpaired) electrons. The lowest BCUT2D eigenvalue weighted by Crippen LogP contribution is -2.57. The summed E-state index contributed by atoms with van der Waals surface area (Å²) in [4.78, 5) is 70.2. The Balaban J connectivity index is 1.78. The molecule has 1 aliphatic rings. The second-order valence-electron chi connectivity index (χ2n) is 9.16. The number of H-pyrrole nitrogens is 1. The van der Waals surface area contributed by atoms with E-state index in [1.807, 2.05) is 0 Å². The Hall–Kier alpha value is -4.26. The maximum atomic E-state index is 13.4. The molecule has 1 aromatic carbocycles. The van der Waals surface area contributed by atoms with Crippen LogP contribution in [0.4, 0.5) is 0 Å². The molecule has 3 amide bonds. The van der Waals surface area contributed by atoms with Crippen LogP contribution in [0.15, 0.2) is 42.9 Å². The molecule has 13 heteroatoms. The van der Waals surface area contributed by atoms with Crippen molar-refractivity contribution in [2.45, 2.75) is 62.7 Å². The van der Waals surface area contributed by atoms with Gasteiger partial charge < -0.3 is 36.5 Å². The lowest BCUT2D eigenvalue weighted by molar-refractivity contribution is -0.150. The Morgan fingerprint density at radius 3 is 2.39 bits per heavy atom. The highest BCUT2D eigenvalue weighted by Gasteiger charge is 2.38. The fourth-order valence-electron chi connectivity index (χ4n) is 4.35. The van der Waals surface area contributed by atoms with E-state index in [9.17, 15) is 29.1 Å². The molecule has 3 rings (SSSR count). The zero-order chi connectivity index (χ0) is 27.7. The predicted octanol–water partition coefficient (Wildman–Crippen LogP) is -0.568. The number of carbonyl (C=O) groups is 5. The smallest absolute Gasteiger partial charge is 0.326 e. The van der Waals surface area contributed by atoms with Gasteiger partial charge in [0, 0.05) is 37.7 Å². The van der Waals surface area contributed by atoms with E-state index < -0.39 is 60.2 Å². The normalized spacial score (nSPS) is 17.3. The highest BCUT2D eigenvalue weighted by molar-refractivity contribution is 5.94. The molecule has 0 saturated carbocycles. The van der Waals surface area contributed by atoms with E-state index in [0.29, 0.717) is 12.1 Å². The number of aromatic amines is 1. The van der Waals surface area contributed by atoms with Crippen LogP contribution in [0.25, 0.3) is 0 Å². The van der Waals surface area contributed by atoms with Gasteiger partial charge in [0.1, 0.15) is 18.1 Å². The first-order valence-electron chi connectivity index (χ1n) is 12.3. The van der Waals surface area contributed by atoms with E-state index in [-0.39, 0.29) is 32.2 Å². The number of nitrogens with one attached hydrogen (secondary N) is 3. The van der Waals surface area contributed by atoms with Gasteiger partial charge in [0.15, 0.2) is 0 Å². The second-order valence-corrected chi connectivity index (χ2v) is 9.16. The predicted molar refractivity (Wildman–Crippen MR) is 134 cm³/mol. The molecular weight excluding hydrogens is 496 g/mol. The lowest BCUT2D eigenvalue weighted by atomic mass is 10.0. The van der Waals surface area contributed by atoms with Crippen LogP contribution < -0.4 is 16.4 Å². The van der Waals surface area contributed by atoms with E-state index in [4.69, 9.17) is 10.8 Å². The summed E-state index contributed by atoms with van der Waals surface area (Å²) < 4.78 is 0. The fraction of sp³-hybridized carbons (Fsp3) is 0.440. The molecule has 1 aliphatic heterocycles. The van der Waals surface area contributed by atoms with Crippen molar-refractivity contribution in [2.75, 3.05) is 6.54 Å². The number of aromatic nitrogens is 2. The molecule has 204 valence electrons. The van der Waals surface area contributed by atoms with Gasteiger partial charge in [-0.1, -0.05) is 30.3 Å². The van der Waals surface area contributed by atoms with Crippen molar-refractivity contribution in [3.8, 4) is 0 Å². The Bertz CT molecular complexity index is 1120. The minimum Gasteiger partial charge on any atom is -0.481 e. The SMILES string of the molecule is NC(Cc1cnc[nH]1)C(=O)NC(Cc1ccccc1)C(=O)NC(CCC(=O)O)C(=O)N1CCCC1C(=O)O. The van der Waals surface area contributed by atoms with Crippen LogP contribution in [0.1, 0.15) is 36.9 Å². The summed E-state index contributed by atoms with van der Waals surface area (Å²) in [5.41, 5.74) is 7.40. The van der Waals surface area contributed by atoms with Crippen molar-refractivity contribution >= 4 is 29.7 Å². The van der Waals surface area contributed by atoms with Crippen molar-refractivity contribution in [3.05, 3.63) is 54.1 Å². The van der Waals surface area contributed by atoms with Crippen LogP contribution in [0.2, 0.25) is 0 Å². The Morgan fingerprint density at radius 2 is 1.76 bits per heavy atom. The molecule has 38 heavy (non-hydrogen) atoms. The minimum atomic E-state index is -1.28. The van der Waals surface area contributed by atoms with Gasteiger partial charge in [0.25, 0.3) is 0 Å². The minimum absolute atomic E-state index is 0.0799. The third kappa shape index (κ3) is 7.87. The number of hydrogen-bond acceptors (Lipinski definition) is 7. The van der Waals surface area contributed by atoms with Crippen LogP contribution in [0.5, 0.6) is 0 Å². The quantitative estimate of drug-likeness (QED) is 0.196. The van der Waals surface area contributed by atoms with E-state index in [1.54, 1.807) is 30.3 Å².